The zero-order valence-corrected chi connectivity index (χ0v) is 27.6. The first-order valence-corrected chi connectivity index (χ1v) is 16.6. The van der Waals surface area contributed by atoms with Crippen LogP contribution in [0.25, 0.3) is 10.9 Å². The van der Waals surface area contributed by atoms with Crippen LogP contribution in [0.2, 0.25) is 0 Å². The first-order valence-electron chi connectivity index (χ1n) is 16.6. The van der Waals surface area contributed by atoms with Gasteiger partial charge in [0, 0.05) is 29.1 Å². The van der Waals surface area contributed by atoms with E-state index in [0.29, 0.717) is 54.1 Å². The van der Waals surface area contributed by atoms with Crippen molar-refractivity contribution in [3.05, 3.63) is 48.3 Å². The number of terminal acetylenes is 1. The van der Waals surface area contributed by atoms with Crippen molar-refractivity contribution in [1.29, 1.82) is 0 Å². The van der Waals surface area contributed by atoms with Crippen LogP contribution >= 0.6 is 0 Å². The van der Waals surface area contributed by atoms with Crippen LogP contribution in [0.5, 0.6) is 11.5 Å². The predicted molar refractivity (Wildman–Crippen MR) is 182 cm³/mol. The summed E-state index contributed by atoms with van der Waals surface area (Å²) in [4.78, 5) is 49.4. The molecule has 2 aliphatic rings. The zero-order valence-electron chi connectivity index (χ0n) is 27.6. The molecule has 0 radical (unpaired) electrons. The number of piperidine rings is 1. The van der Waals surface area contributed by atoms with Crippen molar-refractivity contribution in [3.63, 3.8) is 0 Å². The number of aromatic nitrogens is 2. The minimum absolute atomic E-state index is 0.131. The second-order valence-electron chi connectivity index (χ2n) is 12.2. The lowest BCUT2D eigenvalue weighted by Gasteiger charge is -2.32. The van der Waals surface area contributed by atoms with Gasteiger partial charge in [-0.05, 0) is 63.5 Å². The van der Waals surface area contributed by atoms with Gasteiger partial charge in [0.1, 0.15) is 30.9 Å². The number of fused-ring (bicyclic) bond motifs is 1. The molecule has 2 unspecified atom stereocenters. The number of unbranched alkanes of at least 4 members (excludes halogenated alkanes) is 2. The molecule has 48 heavy (non-hydrogen) atoms. The molecular weight excluding hydrogens is 612 g/mol. The standard InChI is InChI=1S/C36H44N6O6/c1-4-24-11-10-12-25(19-24)40-34-26-20-32(31(46-3)21-28(26)38-23-39-34)47-18-16-37-35(44)27(13-6-5-7-15-30(43)33-22-48-33)41-36(45)29-14-8-9-17-42(29)2/h1,10-12,19-21,23,27,29,33H,5-9,13-18,22H2,2-3H3,(H,37,44)(H,41,45)(H,38,39,40)/t27-,29?,33?/m0/s1. The van der Waals surface area contributed by atoms with Gasteiger partial charge in [-0.15, -0.1) is 6.42 Å². The van der Waals surface area contributed by atoms with Crippen LogP contribution in [0.3, 0.4) is 0 Å². The summed E-state index contributed by atoms with van der Waals surface area (Å²) in [5, 5.41) is 9.94. The molecule has 0 spiro atoms. The summed E-state index contributed by atoms with van der Waals surface area (Å²) in [5.41, 5.74) is 2.18. The number of Topliss-reactive ketones (excluding diaryl/α,β-unsaturated/α-hetero) is 1. The van der Waals surface area contributed by atoms with Crippen molar-refractivity contribution in [2.75, 3.05) is 45.8 Å². The van der Waals surface area contributed by atoms with Crippen molar-refractivity contribution in [1.82, 2.24) is 25.5 Å². The molecule has 2 aliphatic heterocycles. The van der Waals surface area contributed by atoms with E-state index in [0.717, 1.165) is 49.9 Å². The summed E-state index contributed by atoms with van der Waals surface area (Å²) in [6, 6.07) is 10.1. The number of epoxide rings is 1. The number of rotatable bonds is 17. The monoisotopic (exact) mass is 656 g/mol. The second kappa shape index (κ2) is 16.9. The van der Waals surface area contributed by atoms with E-state index >= 15 is 0 Å². The number of likely N-dealkylation sites (N-methyl/N-ethyl adjacent to an activating group) is 1. The van der Waals surface area contributed by atoms with E-state index in [1.807, 2.05) is 36.2 Å². The van der Waals surface area contributed by atoms with E-state index in [9.17, 15) is 14.4 Å². The van der Waals surface area contributed by atoms with Crippen LogP contribution in [0.4, 0.5) is 11.5 Å². The van der Waals surface area contributed by atoms with Gasteiger partial charge in [-0.25, -0.2) is 9.97 Å². The molecule has 3 N–H and O–H groups in total. The lowest BCUT2D eigenvalue weighted by atomic mass is 10.0. The normalized spacial score (nSPS) is 17.9. The third kappa shape index (κ3) is 9.42. The Labute approximate surface area is 281 Å². The van der Waals surface area contributed by atoms with Crippen LogP contribution in [0, 0.1) is 12.3 Å². The Balaban J connectivity index is 1.19. The zero-order chi connectivity index (χ0) is 33.9. The maximum Gasteiger partial charge on any atom is 0.242 e. The number of hydrogen-bond donors (Lipinski definition) is 3. The molecule has 2 amide bonds. The molecule has 3 aromatic rings. The first kappa shape index (κ1) is 34.6. The minimum atomic E-state index is -0.691. The summed E-state index contributed by atoms with van der Waals surface area (Å²) in [6.45, 7) is 1.74. The summed E-state index contributed by atoms with van der Waals surface area (Å²) in [5.74, 6) is 3.89. The van der Waals surface area contributed by atoms with Crippen LogP contribution in [-0.4, -0.2) is 91.1 Å². The van der Waals surface area contributed by atoms with E-state index in [-0.39, 0.29) is 42.9 Å². The number of carbonyl (C=O) groups excluding carboxylic acids is 3. The van der Waals surface area contributed by atoms with E-state index < -0.39 is 6.04 Å². The van der Waals surface area contributed by atoms with Crippen LogP contribution in [0.15, 0.2) is 42.7 Å². The van der Waals surface area contributed by atoms with E-state index in [4.69, 9.17) is 20.6 Å². The lowest BCUT2D eigenvalue weighted by molar-refractivity contribution is -0.132. The van der Waals surface area contributed by atoms with Gasteiger partial charge in [0.2, 0.25) is 11.8 Å². The first-order chi connectivity index (χ1) is 23.4. The van der Waals surface area contributed by atoms with E-state index in [1.165, 1.54) is 6.33 Å². The average Bonchev–Trinajstić information content (AvgIpc) is 3.95. The molecule has 12 nitrogen and oxygen atoms in total. The topological polar surface area (TPSA) is 147 Å². The summed E-state index contributed by atoms with van der Waals surface area (Å²) >= 11 is 0. The van der Waals surface area contributed by atoms with Crippen molar-refractivity contribution < 1.29 is 28.6 Å². The molecule has 2 aromatic carbocycles. The van der Waals surface area contributed by atoms with E-state index in [2.05, 4.69) is 31.8 Å². The molecule has 1 aromatic heterocycles. The number of hydrogen-bond acceptors (Lipinski definition) is 10. The Morgan fingerprint density at radius 1 is 1.12 bits per heavy atom. The molecule has 2 fully saturated rings. The van der Waals surface area contributed by atoms with Crippen molar-refractivity contribution in [3.8, 4) is 23.8 Å². The molecule has 5 rings (SSSR count). The molecule has 254 valence electrons. The molecular formula is C36H44N6O6. The Morgan fingerprint density at radius 2 is 1.98 bits per heavy atom. The fraction of sp³-hybridized carbons (Fsp3) is 0.472. The number of ether oxygens (including phenoxy) is 3. The molecule has 2 saturated heterocycles. The van der Waals surface area contributed by atoms with Crippen LogP contribution in [0.1, 0.15) is 56.9 Å². The van der Waals surface area contributed by atoms with Gasteiger partial charge < -0.3 is 30.2 Å². The third-order valence-electron chi connectivity index (χ3n) is 8.69. The molecule has 0 saturated carbocycles. The van der Waals surface area contributed by atoms with Gasteiger partial charge >= 0.3 is 0 Å². The molecule has 3 atom stereocenters. The minimum Gasteiger partial charge on any atom is -0.493 e. The summed E-state index contributed by atoms with van der Waals surface area (Å²) < 4.78 is 16.7. The smallest absolute Gasteiger partial charge is 0.242 e. The quantitative estimate of drug-likeness (QED) is 0.112. The summed E-state index contributed by atoms with van der Waals surface area (Å²) in [7, 11) is 3.49. The SMILES string of the molecule is C#Cc1cccc(Nc2ncnc3cc(OC)c(OCCNC(=O)[C@H](CCCCCC(=O)C4CO4)NC(=O)C4CCCCN4C)cc23)c1. The number of carbonyl (C=O) groups is 3. The van der Waals surface area contributed by atoms with Crippen molar-refractivity contribution >= 4 is 40.0 Å². The maximum absolute atomic E-state index is 13.4. The van der Waals surface area contributed by atoms with Gasteiger partial charge in [0.15, 0.2) is 17.3 Å². The number of anilines is 2. The summed E-state index contributed by atoms with van der Waals surface area (Å²) in [6.07, 6.45) is 12.8. The van der Waals surface area contributed by atoms with Crippen LogP contribution < -0.4 is 25.4 Å². The highest BCUT2D eigenvalue weighted by Crippen LogP contribution is 2.34. The number of nitrogens with zero attached hydrogens (tertiary/aromatic N) is 3. The molecule has 3 heterocycles. The van der Waals surface area contributed by atoms with Gasteiger partial charge in [-0.2, -0.15) is 0 Å². The molecule has 0 bridgehead atoms. The second-order valence-corrected chi connectivity index (χ2v) is 12.2. The van der Waals surface area contributed by atoms with Crippen LogP contribution in [-0.2, 0) is 19.1 Å². The number of nitrogens with one attached hydrogen (secondary N) is 3. The Morgan fingerprint density at radius 3 is 2.75 bits per heavy atom. The highest BCUT2D eigenvalue weighted by Gasteiger charge is 2.31. The third-order valence-corrected chi connectivity index (χ3v) is 8.69. The molecule has 12 heteroatoms. The Hall–Kier alpha value is -4.73. The van der Waals surface area contributed by atoms with Gasteiger partial charge in [-0.3, -0.25) is 19.3 Å². The molecule has 0 aliphatic carbocycles. The van der Waals surface area contributed by atoms with Crippen molar-refractivity contribution in [2.45, 2.75) is 69.6 Å². The number of methoxy groups -OCH3 is 1. The van der Waals surface area contributed by atoms with Gasteiger partial charge in [0.05, 0.1) is 31.8 Å². The van der Waals surface area contributed by atoms with Gasteiger partial charge in [-0.1, -0.05) is 31.2 Å². The predicted octanol–water partition coefficient (Wildman–Crippen LogP) is 3.75. The van der Waals surface area contributed by atoms with Crippen molar-refractivity contribution in [2.24, 2.45) is 0 Å². The fourth-order valence-corrected chi connectivity index (χ4v) is 5.88. The number of likely N-dealkylation sites (tertiary alicyclic amines) is 1. The van der Waals surface area contributed by atoms with Gasteiger partial charge in [0.25, 0.3) is 0 Å². The lowest BCUT2D eigenvalue weighted by Crippen LogP contribution is -2.54. The number of amides is 2. The van der Waals surface area contributed by atoms with E-state index in [1.54, 1.807) is 19.2 Å². The maximum atomic E-state index is 13.4. The number of ketones is 1. The Kier molecular flexibility index (Phi) is 12.2. The largest absolute Gasteiger partial charge is 0.493 e. The average molecular weight is 657 g/mol. The fourth-order valence-electron chi connectivity index (χ4n) is 5.88. The highest BCUT2D eigenvalue weighted by atomic mass is 16.6. The highest BCUT2D eigenvalue weighted by molar-refractivity contribution is 5.93. The Bertz CT molecular complexity index is 1640. The number of benzene rings is 2.